The first-order valence-corrected chi connectivity index (χ1v) is 10.3. The van der Waals surface area contributed by atoms with Gasteiger partial charge in [0.05, 0.1) is 11.5 Å². The fourth-order valence-electron chi connectivity index (χ4n) is 4.39. The van der Waals surface area contributed by atoms with Gasteiger partial charge in [-0.25, -0.2) is 0 Å². The third kappa shape index (κ3) is 3.95. The normalized spacial score (nSPS) is 16.1. The van der Waals surface area contributed by atoms with Crippen LogP contribution in [0.25, 0.3) is 0 Å². The van der Waals surface area contributed by atoms with Crippen LogP contribution < -0.4 is 15.5 Å². The van der Waals surface area contributed by atoms with Gasteiger partial charge in [0.1, 0.15) is 5.69 Å². The lowest BCUT2D eigenvalue weighted by molar-refractivity contribution is -0.384. The van der Waals surface area contributed by atoms with Gasteiger partial charge < -0.3 is 15.5 Å². The largest absolute Gasteiger partial charge is 0.384 e. The summed E-state index contributed by atoms with van der Waals surface area (Å²) in [5.41, 5.74) is 5.90. The highest BCUT2D eigenvalue weighted by atomic mass is 16.6. The molecule has 4 rings (SSSR count). The minimum atomic E-state index is -0.293. The van der Waals surface area contributed by atoms with Crippen LogP contribution in [0, 0.1) is 24.0 Å². The van der Waals surface area contributed by atoms with Crippen molar-refractivity contribution in [1.29, 1.82) is 0 Å². The number of nitrogens with zero attached hydrogens (tertiary/aromatic N) is 3. The molecule has 30 heavy (non-hydrogen) atoms. The van der Waals surface area contributed by atoms with E-state index in [0.717, 1.165) is 46.7 Å². The van der Waals surface area contributed by atoms with Crippen molar-refractivity contribution >= 4 is 28.7 Å². The van der Waals surface area contributed by atoms with Crippen LogP contribution in [0.1, 0.15) is 16.7 Å². The molecule has 1 fully saturated rings. The molecule has 2 heterocycles. The monoisotopic (exact) mass is 409 g/mol. The molecule has 0 atom stereocenters. The number of benzene rings is 2. The number of aryl methyl sites for hydroxylation is 2. The van der Waals surface area contributed by atoms with Crippen LogP contribution in [0.5, 0.6) is 0 Å². The highest BCUT2D eigenvalue weighted by Crippen LogP contribution is 2.39. The van der Waals surface area contributed by atoms with Crippen molar-refractivity contribution in [2.75, 3.05) is 54.8 Å². The first kappa shape index (κ1) is 20.2. The van der Waals surface area contributed by atoms with E-state index in [4.69, 9.17) is 0 Å². The van der Waals surface area contributed by atoms with Gasteiger partial charge in [-0.05, 0) is 37.5 Å². The summed E-state index contributed by atoms with van der Waals surface area (Å²) in [6.07, 6.45) is 0.796. The molecule has 0 aromatic heterocycles. The minimum absolute atomic E-state index is 0.0309. The van der Waals surface area contributed by atoms with E-state index in [1.54, 1.807) is 12.1 Å². The topological polar surface area (TPSA) is 90.8 Å². The number of nitrogens with one attached hydrogen (secondary N) is 2. The van der Waals surface area contributed by atoms with Gasteiger partial charge in [-0.15, -0.1) is 0 Å². The lowest BCUT2D eigenvalue weighted by Crippen LogP contribution is -2.49. The number of fused-ring (bicyclic) bond motifs is 1. The molecule has 2 aromatic carbocycles. The van der Waals surface area contributed by atoms with Crippen molar-refractivity contribution in [2.45, 2.75) is 20.3 Å². The first-order chi connectivity index (χ1) is 14.4. The van der Waals surface area contributed by atoms with Crippen LogP contribution >= 0.6 is 0 Å². The molecule has 1 saturated heterocycles. The summed E-state index contributed by atoms with van der Waals surface area (Å²) in [4.78, 5) is 28.1. The molecule has 0 unspecified atom stereocenters. The zero-order chi connectivity index (χ0) is 21.3. The van der Waals surface area contributed by atoms with E-state index >= 15 is 0 Å². The quantitative estimate of drug-likeness (QED) is 0.583. The van der Waals surface area contributed by atoms with E-state index in [0.29, 0.717) is 32.7 Å². The number of hydrogen-bond acceptors (Lipinski definition) is 6. The van der Waals surface area contributed by atoms with Crippen molar-refractivity contribution in [2.24, 2.45) is 0 Å². The Morgan fingerprint density at radius 1 is 1.13 bits per heavy atom. The molecule has 2 aliphatic rings. The van der Waals surface area contributed by atoms with Crippen LogP contribution in [0.2, 0.25) is 0 Å². The number of hydrogen-bond donors (Lipinski definition) is 2. The number of piperazine rings is 1. The second kappa shape index (κ2) is 8.31. The SMILES string of the molecule is Cc1cccc(C)c1NC(=O)CN1CCN(c2c([N+](=O)[O-])ccc3c2CCN3)CC1. The van der Waals surface area contributed by atoms with Gasteiger partial charge in [0.2, 0.25) is 5.91 Å². The Morgan fingerprint density at radius 2 is 1.83 bits per heavy atom. The van der Waals surface area contributed by atoms with Crippen LogP contribution in [0.4, 0.5) is 22.7 Å². The number of nitro benzene ring substituents is 1. The number of nitro groups is 1. The maximum atomic E-state index is 12.6. The molecular formula is C22H27N5O3. The summed E-state index contributed by atoms with van der Waals surface area (Å²) in [7, 11) is 0. The molecule has 2 N–H and O–H groups in total. The van der Waals surface area contributed by atoms with Gasteiger partial charge >= 0.3 is 0 Å². The molecule has 158 valence electrons. The predicted octanol–water partition coefficient (Wildman–Crippen LogP) is 2.94. The lowest BCUT2D eigenvalue weighted by atomic mass is 10.1. The zero-order valence-corrected chi connectivity index (χ0v) is 17.4. The van der Waals surface area contributed by atoms with Crippen molar-refractivity contribution in [3.8, 4) is 0 Å². The van der Waals surface area contributed by atoms with Gasteiger partial charge in [0.15, 0.2) is 0 Å². The van der Waals surface area contributed by atoms with Gasteiger partial charge in [-0.2, -0.15) is 0 Å². The molecule has 1 amide bonds. The fourth-order valence-corrected chi connectivity index (χ4v) is 4.39. The van der Waals surface area contributed by atoms with Crippen molar-refractivity contribution < 1.29 is 9.72 Å². The second-order valence-corrected chi connectivity index (χ2v) is 7.97. The molecule has 2 aliphatic heterocycles. The van der Waals surface area contributed by atoms with Gasteiger partial charge in [-0.1, -0.05) is 18.2 Å². The Bertz CT molecular complexity index is 963. The molecule has 8 heteroatoms. The average Bonchev–Trinajstić information content (AvgIpc) is 3.19. The van der Waals surface area contributed by atoms with E-state index in [9.17, 15) is 14.9 Å². The summed E-state index contributed by atoms with van der Waals surface area (Å²) in [5.74, 6) is -0.0309. The number of anilines is 3. The molecule has 8 nitrogen and oxygen atoms in total. The molecule has 0 saturated carbocycles. The lowest BCUT2D eigenvalue weighted by Gasteiger charge is -2.36. The minimum Gasteiger partial charge on any atom is -0.384 e. The van der Waals surface area contributed by atoms with Crippen molar-refractivity contribution in [3.63, 3.8) is 0 Å². The summed E-state index contributed by atoms with van der Waals surface area (Å²) in [6, 6.07) is 9.35. The van der Waals surface area contributed by atoms with Crippen LogP contribution in [0.15, 0.2) is 30.3 Å². The number of rotatable bonds is 5. The Labute approximate surface area is 176 Å². The van der Waals surface area contributed by atoms with Crippen LogP contribution in [-0.2, 0) is 11.2 Å². The number of amides is 1. The Balaban J connectivity index is 1.41. The van der Waals surface area contributed by atoms with E-state index in [1.807, 2.05) is 32.0 Å². The number of carbonyl (C=O) groups is 1. The molecule has 0 aliphatic carbocycles. The van der Waals surface area contributed by atoms with Gasteiger partial charge in [-0.3, -0.25) is 19.8 Å². The summed E-state index contributed by atoms with van der Waals surface area (Å²) >= 11 is 0. The van der Waals surface area contributed by atoms with E-state index in [2.05, 4.69) is 20.4 Å². The Kier molecular flexibility index (Phi) is 5.59. The summed E-state index contributed by atoms with van der Waals surface area (Å²) in [6.45, 7) is 7.80. The smallest absolute Gasteiger partial charge is 0.292 e. The number of para-hydroxylation sites is 1. The van der Waals surface area contributed by atoms with Gasteiger partial charge in [0.25, 0.3) is 5.69 Å². The highest BCUT2D eigenvalue weighted by molar-refractivity contribution is 5.93. The van der Waals surface area contributed by atoms with E-state index < -0.39 is 0 Å². The third-order valence-corrected chi connectivity index (χ3v) is 5.95. The third-order valence-electron chi connectivity index (χ3n) is 5.95. The standard InChI is InChI=1S/C22H27N5O3/c1-15-4-3-5-16(2)21(15)24-20(28)14-25-10-12-26(13-11-25)22-17-8-9-23-18(17)6-7-19(22)27(29)30/h3-7,23H,8-14H2,1-2H3,(H,24,28). The maximum absolute atomic E-state index is 12.6. The Morgan fingerprint density at radius 3 is 2.50 bits per heavy atom. The first-order valence-electron chi connectivity index (χ1n) is 10.3. The molecule has 0 radical (unpaired) electrons. The van der Waals surface area contributed by atoms with E-state index in [1.165, 1.54) is 0 Å². The van der Waals surface area contributed by atoms with Crippen molar-refractivity contribution in [1.82, 2.24) is 4.90 Å². The van der Waals surface area contributed by atoms with Crippen molar-refractivity contribution in [3.05, 3.63) is 57.1 Å². The summed E-state index contributed by atoms with van der Waals surface area (Å²) in [5, 5.41) is 17.9. The predicted molar refractivity (Wildman–Crippen MR) is 118 cm³/mol. The zero-order valence-electron chi connectivity index (χ0n) is 17.4. The molecular weight excluding hydrogens is 382 g/mol. The number of carbonyl (C=O) groups excluding carboxylic acids is 1. The van der Waals surface area contributed by atoms with Crippen LogP contribution in [-0.4, -0.2) is 55.0 Å². The second-order valence-electron chi connectivity index (χ2n) is 7.97. The summed E-state index contributed by atoms with van der Waals surface area (Å²) < 4.78 is 0. The van der Waals surface area contributed by atoms with Gasteiger partial charge in [0, 0.05) is 55.7 Å². The Hall–Kier alpha value is -3.13. The highest BCUT2D eigenvalue weighted by Gasteiger charge is 2.30. The molecule has 0 bridgehead atoms. The average molecular weight is 409 g/mol. The van der Waals surface area contributed by atoms with E-state index in [-0.39, 0.29) is 16.5 Å². The fraction of sp³-hybridized carbons (Fsp3) is 0.409. The van der Waals surface area contributed by atoms with Crippen LogP contribution in [0.3, 0.4) is 0 Å². The molecule has 2 aromatic rings. The molecule has 0 spiro atoms. The maximum Gasteiger partial charge on any atom is 0.292 e.